The summed E-state index contributed by atoms with van der Waals surface area (Å²) in [6.45, 7) is 16.8. The van der Waals surface area contributed by atoms with Crippen LogP contribution in [0, 0.1) is 0 Å². The first-order valence-corrected chi connectivity index (χ1v) is 18.7. The van der Waals surface area contributed by atoms with E-state index in [4.69, 9.17) is 8.85 Å². The highest BCUT2D eigenvalue weighted by Crippen LogP contribution is 2.37. The fourth-order valence-electron chi connectivity index (χ4n) is 6.20. The van der Waals surface area contributed by atoms with Crippen molar-refractivity contribution < 1.29 is 8.85 Å². The van der Waals surface area contributed by atoms with Gasteiger partial charge in [0.2, 0.25) is 0 Å². The average Bonchev–Trinajstić information content (AvgIpc) is 2.97. The van der Waals surface area contributed by atoms with Crippen LogP contribution in [0.2, 0.25) is 10.1 Å². The molecule has 3 nitrogen and oxygen atoms in total. The third kappa shape index (κ3) is 6.66. The molecule has 4 rings (SSSR count). The molecule has 5 heteroatoms. The molecule has 41 heavy (non-hydrogen) atoms. The topological polar surface area (TPSA) is 30.5 Å². The molecule has 0 amide bonds. The predicted molar refractivity (Wildman–Crippen MR) is 180 cm³/mol. The summed E-state index contributed by atoms with van der Waals surface area (Å²) in [4.78, 5) is 0. The molecule has 0 bridgehead atoms. The molecule has 0 saturated carbocycles. The highest BCUT2D eigenvalue weighted by Gasteiger charge is 2.51. The number of nitrogens with one attached hydrogen (secondary N) is 1. The Morgan fingerprint density at radius 3 is 0.902 bits per heavy atom. The SMILES string of the molecule is CC(C)(C)[Si](OCCNCCO[Si](c1ccccc1)(c1ccccc1)C(C)(C)C)(c1ccccc1)c1ccccc1. The van der Waals surface area contributed by atoms with Crippen LogP contribution in [0.4, 0.5) is 0 Å². The van der Waals surface area contributed by atoms with Crippen molar-refractivity contribution in [3.8, 4) is 0 Å². The van der Waals surface area contributed by atoms with Crippen LogP contribution in [0.1, 0.15) is 41.5 Å². The van der Waals surface area contributed by atoms with Gasteiger partial charge in [0.15, 0.2) is 0 Å². The molecule has 0 fully saturated rings. The van der Waals surface area contributed by atoms with Gasteiger partial charge < -0.3 is 14.2 Å². The van der Waals surface area contributed by atoms with Crippen molar-refractivity contribution in [2.24, 2.45) is 0 Å². The Bertz CT molecular complexity index is 1130. The van der Waals surface area contributed by atoms with Crippen LogP contribution in [0.15, 0.2) is 121 Å². The van der Waals surface area contributed by atoms with E-state index < -0.39 is 16.6 Å². The van der Waals surface area contributed by atoms with Crippen molar-refractivity contribution in [1.29, 1.82) is 0 Å². The molecule has 0 radical (unpaired) electrons. The number of benzene rings is 4. The Kier molecular flexibility index (Phi) is 10.2. The van der Waals surface area contributed by atoms with Crippen molar-refractivity contribution in [3.05, 3.63) is 121 Å². The van der Waals surface area contributed by atoms with Crippen LogP contribution in [0.5, 0.6) is 0 Å². The fourth-order valence-corrected chi connectivity index (χ4v) is 15.3. The molecule has 0 atom stereocenters. The lowest BCUT2D eigenvalue weighted by molar-refractivity contribution is 0.272. The van der Waals surface area contributed by atoms with E-state index in [1.165, 1.54) is 20.7 Å². The minimum Gasteiger partial charge on any atom is -0.406 e. The smallest absolute Gasteiger partial charge is 0.261 e. The van der Waals surface area contributed by atoms with E-state index in [2.05, 4.69) is 168 Å². The van der Waals surface area contributed by atoms with Crippen LogP contribution in [0.3, 0.4) is 0 Å². The van der Waals surface area contributed by atoms with Gasteiger partial charge in [0.05, 0.1) is 0 Å². The van der Waals surface area contributed by atoms with E-state index in [1.54, 1.807) is 0 Å². The molecule has 0 aliphatic carbocycles. The normalized spacial score (nSPS) is 12.8. The van der Waals surface area contributed by atoms with Crippen molar-refractivity contribution in [2.45, 2.75) is 51.6 Å². The van der Waals surface area contributed by atoms with E-state index in [-0.39, 0.29) is 10.1 Å². The first kappa shape index (κ1) is 31.1. The average molecular weight is 582 g/mol. The minimum absolute atomic E-state index is 0.0257. The predicted octanol–water partition coefficient (Wildman–Crippen LogP) is 5.73. The largest absolute Gasteiger partial charge is 0.406 e. The van der Waals surface area contributed by atoms with Crippen LogP contribution in [0.25, 0.3) is 0 Å². The van der Waals surface area contributed by atoms with Crippen LogP contribution >= 0.6 is 0 Å². The monoisotopic (exact) mass is 581 g/mol. The summed E-state index contributed by atoms with van der Waals surface area (Å²) >= 11 is 0. The van der Waals surface area contributed by atoms with Crippen molar-refractivity contribution >= 4 is 37.4 Å². The summed E-state index contributed by atoms with van der Waals surface area (Å²) in [5, 5.41) is 8.84. The van der Waals surface area contributed by atoms with Gasteiger partial charge in [0.1, 0.15) is 0 Å². The first-order valence-electron chi connectivity index (χ1n) is 14.8. The van der Waals surface area contributed by atoms with Gasteiger partial charge in [-0.1, -0.05) is 163 Å². The van der Waals surface area contributed by atoms with Crippen molar-refractivity contribution in [2.75, 3.05) is 26.3 Å². The first-order chi connectivity index (χ1) is 19.6. The lowest BCUT2D eigenvalue weighted by atomic mass is 10.2. The van der Waals surface area contributed by atoms with Gasteiger partial charge in [-0.2, -0.15) is 0 Å². The number of hydrogen-bond donors (Lipinski definition) is 1. The molecular formula is C36H47NO2Si2. The molecule has 0 unspecified atom stereocenters. The standard InChI is InChI=1S/C36H47NO2Si2/c1-35(2,3)40(31-19-11-7-12-20-31,32-21-13-8-14-22-32)38-29-27-37-28-30-39-41(36(4,5)6,33-23-15-9-16-24-33)34-25-17-10-18-26-34/h7-26,37H,27-30H2,1-6H3. The number of hydrogen-bond acceptors (Lipinski definition) is 3. The maximum Gasteiger partial charge on any atom is 0.261 e. The Morgan fingerprint density at radius 2 is 0.683 bits per heavy atom. The Balaban J connectivity index is 1.47. The lowest BCUT2D eigenvalue weighted by Crippen LogP contribution is -2.67. The summed E-state index contributed by atoms with van der Waals surface area (Å²) in [5.74, 6) is 0. The third-order valence-corrected chi connectivity index (χ3v) is 18.1. The van der Waals surface area contributed by atoms with Crippen molar-refractivity contribution in [1.82, 2.24) is 5.32 Å². The van der Waals surface area contributed by atoms with E-state index in [9.17, 15) is 0 Å². The van der Waals surface area contributed by atoms with Crippen LogP contribution in [-0.2, 0) is 8.85 Å². The van der Waals surface area contributed by atoms with Gasteiger partial charge in [-0.3, -0.25) is 0 Å². The van der Waals surface area contributed by atoms with E-state index >= 15 is 0 Å². The number of rotatable bonds is 12. The molecule has 0 spiro atoms. The highest BCUT2D eigenvalue weighted by molar-refractivity contribution is 7.00. The van der Waals surface area contributed by atoms with Crippen molar-refractivity contribution in [3.63, 3.8) is 0 Å². The van der Waals surface area contributed by atoms with Crippen LogP contribution < -0.4 is 26.1 Å². The quantitative estimate of drug-likeness (QED) is 0.171. The summed E-state index contributed by atoms with van der Waals surface area (Å²) in [7, 11) is -5.05. The molecule has 0 aromatic heterocycles. The van der Waals surface area contributed by atoms with E-state index in [0.717, 1.165) is 13.1 Å². The molecule has 0 heterocycles. The zero-order valence-electron chi connectivity index (χ0n) is 25.7. The second kappa shape index (κ2) is 13.4. The molecular weight excluding hydrogens is 535 g/mol. The maximum atomic E-state index is 7.05. The Hall–Kier alpha value is -2.81. The lowest BCUT2D eigenvalue weighted by Gasteiger charge is -2.43. The summed E-state index contributed by atoms with van der Waals surface area (Å²) in [6, 6.07) is 43.4. The second-order valence-electron chi connectivity index (χ2n) is 12.8. The van der Waals surface area contributed by atoms with Gasteiger partial charge in [-0.05, 0) is 30.8 Å². The molecule has 0 aliphatic rings. The highest BCUT2D eigenvalue weighted by atomic mass is 28.4. The molecule has 1 N–H and O–H groups in total. The van der Waals surface area contributed by atoms with Crippen LogP contribution in [-0.4, -0.2) is 42.9 Å². The summed E-state index contributed by atoms with van der Waals surface area (Å²) in [6.07, 6.45) is 0. The zero-order chi connectivity index (χ0) is 29.4. The molecule has 4 aromatic rings. The summed E-state index contributed by atoms with van der Waals surface area (Å²) < 4.78 is 14.1. The summed E-state index contributed by atoms with van der Waals surface area (Å²) in [5.41, 5.74) is 0. The van der Waals surface area contributed by atoms with Gasteiger partial charge >= 0.3 is 0 Å². The third-order valence-electron chi connectivity index (χ3n) is 8.03. The second-order valence-corrected chi connectivity index (χ2v) is 21.4. The zero-order valence-corrected chi connectivity index (χ0v) is 27.7. The molecule has 0 aliphatic heterocycles. The van der Waals surface area contributed by atoms with Gasteiger partial charge in [0.25, 0.3) is 16.6 Å². The molecule has 0 saturated heterocycles. The molecule has 4 aromatic carbocycles. The van der Waals surface area contributed by atoms with Gasteiger partial charge in [-0.25, -0.2) is 0 Å². The minimum atomic E-state index is -2.53. The van der Waals surface area contributed by atoms with E-state index in [0.29, 0.717) is 13.2 Å². The van der Waals surface area contributed by atoms with Gasteiger partial charge in [0, 0.05) is 26.3 Å². The fraction of sp³-hybridized carbons (Fsp3) is 0.333. The Labute approximate surface area is 250 Å². The van der Waals surface area contributed by atoms with Gasteiger partial charge in [-0.15, -0.1) is 0 Å². The molecule has 216 valence electrons. The maximum absolute atomic E-state index is 7.05. The van der Waals surface area contributed by atoms with E-state index in [1.807, 2.05) is 0 Å². The Morgan fingerprint density at radius 1 is 0.439 bits per heavy atom.